The van der Waals surface area contributed by atoms with E-state index < -0.39 is 0 Å². The summed E-state index contributed by atoms with van der Waals surface area (Å²) in [5.41, 5.74) is 0. The SMILES string of the molecule is C=CC1CCCCC1(S)S. The minimum absolute atomic E-state index is 0.0833. The van der Waals surface area contributed by atoms with Crippen LogP contribution in [0.4, 0.5) is 0 Å². The van der Waals surface area contributed by atoms with Gasteiger partial charge in [0.05, 0.1) is 4.08 Å². The van der Waals surface area contributed by atoms with Gasteiger partial charge >= 0.3 is 0 Å². The van der Waals surface area contributed by atoms with Crippen molar-refractivity contribution in [2.24, 2.45) is 5.92 Å². The van der Waals surface area contributed by atoms with Gasteiger partial charge in [-0.05, 0) is 18.8 Å². The largest absolute Gasteiger partial charge is 0.161 e. The summed E-state index contributed by atoms with van der Waals surface area (Å²) in [6.45, 7) is 3.78. The van der Waals surface area contributed by atoms with Crippen LogP contribution >= 0.6 is 25.3 Å². The first-order chi connectivity index (χ1) is 4.67. The fourth-order valence-electron chi connectivity index (χ4n) is 1.47. The number of rotatable bonds is 1. The molecule has 10 heavy (non-hydrogen) atoms. The average Bonchev–Trinajstić information content (AvgIpc) is 1.87. The number of thiol groups is 2. The Hall–Kier alpha value is 0.440. The molecule has 1 saturated carbocycles. The van der Waals surface area contributed by atoms with Gasteiger partial charge in [0.1, 0.15) is 0 Å². The van der Waals surface area contributed by atoms with Gasteiger partial charge in [0.25, 0.3) is 0 Å². The Bertz CT molecular complexity index is 129. The van der Waals surface area contributed by atoms with Crippen LogP contribution in [0.3, 0.4) is 0 Å². The monoisotopic (exact) mass is 174 g/mol. The average molecular weight is 174 g/mol. The highest BCUT2D eigenvalue weighted by molar-refractivity contribution is 8.00. The molecule has 0 nitrogen and oxygen atoms in total. The summed E-state index contributed by atoms with van der Waals surface area (Å²) in [4.78, 5) is 0. The van der Waals surface area contributed by atoms with Gasteiger partial charge < -0.3 is 0 Å². The van der Waals surface area contributed by atoms with Crippen molar-refractivity contribution in [3.63, 3.8) is 0 Å². The molecule has 0 radical (unpaired) electrons. The van der Waals surface area contributed by atoms with Gasteiger partial charge in [-0.3, -0.25) is 0 Å². The van der Waals surface area contributed by atoms with Crippen molar-refractivity contribution in [1.82, 2.24) is 0 Å². The van der Waals surface area contributed by atoms with E-state index in [0.717, 1.165) is 6.42 Å². The minimum atomic E-state index is -0.0833. The van der Waals surface area contributed by atoms with Gasteiger partial charge in [-0.2, -0.15) is 25.3 Å². The smallest absolute Gasteiger partial charge is 0.0614 e. The van der Waals surface area contributed by atoms with Crippen LogP contribution in [0.25, 0.3) is 0 Å². The number of hydrogen-bond donors (Lipinski definition) is 2. The lowest BCUT2D eigenvalue weighted by atomic mass is 9.88. The molecule has 0 amide bonds. The summed E-state index contributed by atoms with van der Waals surface area (Å²) in [7, 11) is 0. The first kappa shape index (κ1) is 8.54. The van der Waals surface area contributed by atoms with Crippen molar-refractivity contribution >= 4 is 25.3 Å². The first-order valence-corrected chi connectivity index (χ1v) is 4.63. The maximum absolute atomic E-state index is 4.49. The molecular weight excluding hydrogens is 160 g/mol. The lowest BCUT2D eigenvalue weighted by molar-refractivity contribution is 0.411. The maximum Gasteiger partial charge on any atom is 0.0614 e. The van der Waals surface area contributed by atoms with E-state index in [0.29, 0.717) is 5.92 Å². The van der Waals surface area contributed by atoms with E-state index in [1.165, 1.54) is 19.3 Å². The predicted octanol–water partition coefficient (Wildman–Crippen LogP) is 2.92. The van der Waals surface area contributed by atoms with E-state index in [9.17, 15) is 0 Å². The predicted molar refractivity (Wildman–Crippen MR) is 52.9 cm³/mol. The highest BCUT2D eigenvalue weighted by atomic mass is 32.2. The van der Waals surface area contributed by atoms with Crippen LogP contribution in [0, 0.1) is 5.92 Å². The first-order valence-electron chi connectivity index (χ1n) is 3.74. The summed E-state index contributed by atoms with van der Waals surface area (Å²) in [6, 6.07) is 0. The van der Waals surface area contributed by atoms with E-state index in [1.807, 2.05) is 6.08 Å². The molecule has 0 heterocycles. The molecule has 0 aromatic rings. The van der Waals surface area contributed by atoms with E-state index in [4.69, 9.17) is 0 Å². The molecule has 0 spiro atoms. The van der Waals surface area contributed by atoms with Crippen LogP contribution in [0.15, 0.2) is 12.7 Å². The van der Waals surface area contributed by atoms with Crippen molar-refractivity contribution in [2.75, 3.05) is 0 Å². The highest BCUT2D eigenvalue weighted by Crippen LogP contribution is 2.42. The normalized spacial score (nSPS) is 31.6. The number of hydrogen-bond acceptors (Lipinski definition) is 2. The topological polar surface area (TPSA) is 0 Å². The molecule has 0 bridgehead atoms. The molecule has 1 atom stereocenters. The fourth-order valence-corrected chi connectivity index (χ4v) is 2.26. The molecule has 2 heteroatoms. The van der Waals surface area contributed by atoms with Crippen LogP contribution < -0.4 is 0 Å². The lowest BCUT2D eigenvalue weighted by Gasteiger charge is -2.34. The second-order valence-electron chi connectivity index (χ2n) is 2.97. The summed E-state index contributed by atoms with van der Waals surface area (Å²) < 4.78 is -0.0833. The van der Waals surface area contributed by atoms with E-state index in [2.05, 4.69) is 31.8 Å². The van der Waals surface area contributed by atoms with Crippen molar-refractivity contribution in [3.8, 4) is 0 Å². The molecule has 1 fully saturated rings. The summed E-state index contributed by atoms with van der Waals surface area (Å²) in [6.07, 6.45) is 6.86. The molecule has 58 valence electrons. The molecule has 0 aliphatic heterocycles. The zero-order valence-corrected chi connectivity index (χ0v) is 7.87. The Morgan fingerprint density at radius 3 is 2.50 bits per heavy atom. The van der Waals surface area contributed by atoms with Crippen LogP contribution in [0.1, 0.15) is 25.7 Å². The van der Waals surface area contributed by atoms with Gasteiger partial charge in [-0.15, -0.1) is 6.58 Å². The Balaban J connectivity index is 2.59. The fraction of sp³-hybridized carbons (Fsp3) is 0.750. The van der Waals surface area contributed by atoms with Gasteiger partial charge in [0, 0.05) is 0 Å². The van der Waals surface area contributed by atoms with Crippen LogP contribution in [-0.4, -0.2) is 4.08 Å². The van der Waals surface area contributed by atoms with Gasteiger partial charge in [0.2, 0.25) is 0 Å². The van der Waals surface area contributed by atoms with Crippen LogP contribution in [0.5, 0.6) is 0 Å². The Kier molecular flexibility index (Phi) is 2.75. The Morgan fingerprint density at radius 2 is 2.10 bits per heavy atom. The van der Waals surface area contributed by atoms with E-state index in [1.54, 1.807) is 0 Å². The summed E-state index contributed by atoms with van der Waals surface area (Å²) in [5, 5.41) is 0. The second-order valence-corrected chi connectivity index (χ2v) is 4.92. The van der Waals surface area contributed by atoms with E-state index in [-0.39, 0.29) is 4.08 Å². The molecule has 1 unspecified atom stereocenters. The third kappa shape index (κ3) is 1.73. The second kappa shape index (κ2) is 3.22. The molecule has 1 rings (SSSR count). The third-order valence-electron chi connectivity index (χ3n) is 2.19. The van der Waals surface area contributed by atoms with Gasteiger partial charge in [-0.25, -0.2) is 0 Å². The maximum atomic E-state index is 4.49. The third-order valence-corrected chi connectivity index (χ3v) is 3.30. The Labute approximate surface area is 73.9 Å². The zero-order valence-electron chi connectivity index (χ0n) is 6.08. The summed E-state index contributed by atoms with van der Waals surface area (Å²) in [5.74, 6) is 0.493. The van der Waals surface area contributed by atoms with E-state index >= 15 is 0 Å². The van der Waals surface area contributed by atoms with Crippen LogP contribution in [0.2, 0.25) is 0 Å². The lowest BCUT2D eigenvalue weighted by Crippen LogP contribution is -2.27. The van der Waals surface area contributed by atoms with Crippen molar-refractivity contribution in [2.45, 2.75) is 29.8 Å². The summed E-state index contributed by atoms with van der Waals surface area (Å²) >= 11 is 8.97. The van der Waals surface area contributed by atoms with Crippen LogP contribution in [-0.2, 0) is 0 Å². The molecular formula is C8H14S2. The quantitative estimate of drug-likeness (QED) is 0.341. The molecule has 0 saturated heterocycles. The molecule has 1 aliphatic rings. The van der Waals surface area contributed by atoms with Crippen molar-refractivity contribution < 1.29 is 0 Å². The molecule has 1 aliphatic carbocycles. The number of allylic oxidation sites excluding steroid dienone is 1. The molecule has 0 aromatic heterocycles. The Morgan fingerprint density at radius 1 is 1.40 bits per heavy atom. The zero-order chi connectivity index (χ0) is 7.61. The standard InChI is InChI=1S/C8H14S2/c1-2-7-5-3-4-6-8(7,9)10/h2,7,9-10H,1,3-6H2. The highest BCUT2D eigenvalue weighted by Gasteiger charge is 2.31. The van der Waals surface area contributed by atoms with Gasteiger partial charge in [0.15, 0.2) is 0 Å². The minimum Gasteiger partial charge on any atom is -0.161 e. The van der Waals surface area contributed by atoms with Gasteiger partial charge in [-0.1, -0.05) is 18.9 Å². The van der Waals surface area contributed by atoms with Crippen molar-refractivity contribution in [3.05, 3.63) is 12.7 Å². The van der Waals surface area contributed by atoms with Crippen molar-refractivity contribution in [1.29, 1.82) is 0 Å². The molecule has 0 aromatic carbocycles. The molecule has 0 N–H and O–H groups in total.